The summed E-state index contributed by atoms with van der Waals surface area (Å²) in [5.41, 5.74) is 3.59. The highest BCUT2D eigenvalue weighted by atomic mass is 32.1. The second kappa shape index (κ2) is 8.06. The molecule has 0 spiro atoms. The lowest BCUT2D eigenvalue weighted by Crippen LogP contribution is -2.34. The number of rotatable bonds is 5. The van der Waals surface area contributed by atoms with Gasteiger partial charge in [-0.2, -0.15) is 0 Å². The van der Waals surface area contributed by atoms with Gasteiger partial charge in [0, 0.05) is 30.2 Å². The zero-order valence-electron chi connectivity index (χ0n) is 16.8. The van der Waals surface area contributed by atoms with Gasteiger partial charge in [-0.15, -0.1) is 11.3 Å². The smallest absolute Gasteiger partial charge is 0.264 e. The van der Waals surface area contributed by atoms with Crippen molar-refractivity contribution in [2.24, 2.45) is 0 Å². The first-order chi connectivity index (χ1) is 13.3. The Morgan fingerprint density at radius 1 is 1.11 bits per heavy atom. The van der Waals surface area contributed by atoms with Crippen LogP contribution < -0.4 is 5.32 Å². The third-order valence-corrected chi connectivity index (χ3v) is 5.76. The fourth-order valence-corrected chi connectivity index (χ4v) is 4.30. The van der Waals surface area contributed by atoms with Gasteiger partial charge in [-0.05, 0) is 38.5 Å². The average molecular weight is 397 g/mol. The highest BCUT2D eigenvalue weighted by Gasteiger charge is 2.22. The van der Waals surface area contributed by atoms with Crippen molar-refractivity contribution in [3.05, 3.63) is 51.8 Å². The summed E-state index contributed by atoms with van der Waals surface area (Å²) in [6, 6.07) is 7.55. The number of aryl methyl sites for hydroxylation is 4. The lowest BCUT2D eigenvalue weighted by Gasteiger charge is -2.16. The van der Waals surface area contributed by atoms with Crippen molar-refractivity contribution in [3.63, 3.8) is 0 Å². The van der Waals surface area contributed by atoms with E-state index in [1.807, 2.05) is 52.0 Å². The van der Waals surface area contributed by atoms with Crippen LogP contribution >= 0.6 is 11.3 Å². The van der Waals surface area contributed by atoms with E-state index in [0.29, 0.717) is 10.6 Å². The molecule has 3 rings (SSSR count). The van der Waals surface area contributed by atoms with E-state index in [0.717, 1.165) is 39.3 Å². The van der Waals surface area contributed by atoms with E-state index in [1.165, 1.54) is 16.2 Å². The number of hydrogen-bond donors (Lipinski definition) is 1. The maximum Gasteiger partial charge on any atom is 0.264 e. The molecule has 0 saturated carbocycles. The zero-order chi connectivity index (χ0) is 20.4. The summed E-state index contributed by atoms with van der Waals surface area (Å²) < 4.78 is 0. The molecule has 2 amide bonds. The van der Waals surface area contributed by atoms with Crippen LogP contribution in [0.25, 0.3) is 10.2 Å². The predicted octanol–water partition coefficient (Wildman–Crippen LogP) is 3.89. The van der Waals surface area contributed by atoms with Crippen molar-refractivity contribution in [1.82, 2.24) is 14.9 Å². The molecule has 1 N–H and O–H groups in total. The SMILES string of the molecule is CCc1nc(C)c2c(C)c(C(=O)N(C)CC(=O)Nc3ccc(C)cc3)sc2n1. The minimum Gasteiger partial charge on any atom is -0.332 e. The summed E-state index contributed by atoms with van der Waals surface area (Å²) in [5, 5.41) is 3.75. The van der Waals surface area contributed by atoms with Gasteiger partial charge in [0.25, 0.3) is 5.91 Å². The highest BCUT2D eigenvalue weighted by molar-refractivity contribution is 7.20. The fraction of sp³-hybridized carbons (Fsp3) is 0.333. The topological polar surface area (TPSA) is 75.2 Å². The molecule has 0 atom stereocenters. The number of nitrogens with zero attached hydrogens (tertiary/aromatic N) is 3. The first kappa shape index (κ1) is 19.9. The predicted molar refractivity (Wildman–Crippen MR) is 113 cm³/mol. The highest BCUT2D eigenvalue weighted by Crippen LogP contribution is 2.32. The van der Waals surface area contributed by atoms with E-state index >= 15 is 0 Å². The van der Waals surface area contributed by atoms with Crippen LogP contribution in [0.1, 0.15) is 39.2 Å². The Balaban J connectivity index is 1.77. The molecular weight excluding hydrogens is 372 g/mol. The molecule has 146 valence electrons. The van der Waals surface area contributed by atoms with Crippen LogP contribution in [-0.2, 0) is 11.2 Å². The number of benzene rings is 1. The molecule has 0 fully saturated rings. The second-order valence-electron chi connectivity index (χ2n) is 6.89. The molecule has 0 aliphatic heterocycles. The van der Waals surface area contributed by atoms with Gasteiger partial charge in [-0.3, -0.25) is 9.59 Å². The van der Waals surface area contributed by atoms with Gasteiger partial charge >= 0.3 is 0 Å². The lowest BCUT2D eigenvalue weighted by molar-refractivity contribution is -0.116. The summed E-state index contributed by atoms with van der Waals surface area (Å²) in [5.74, 6) is 0.357. The molecule has 6 nitrogen and oxygen atoms in total. The van der Waals surface area contributed by atoms with Crippen molar-refractivity contribution in [2.45, 2.75) is 34.1 Å². The van der Waals surface area contributed by atoms with Gasteiger partial charge in [0.15, 0.2) is 0 Å². The third-order valence-electron chi connectivity index (χ3n) is 4.59. The minimum atomic E-state index is -0.234. The molecule has 28 heavy (non-hydrogen) atoms. The lowest BCUT2D eigenvalue weighted by atomic mass is 10.1. The maximum absolute atomic E-state index is 12.9. The van der Waals surface area contributed by atoms with Gasteiger partial charge < -0.3 is 10.2 Å². The van der Waals surface area contributed by atoms with Crippen LogP contribution in [0.3, 0.4) is 0 Å². The number of likely N-dealkylation sites (N-methyl/N-ethyl adjacent to an activating group) is 1. The number of fused-ring (bicyclic) bond motifs is 1. The zero-order valence-corrected chi connectivity index (χ0v) is 17.6. The number of hydrogen-bond acceptors (Lipinski definition) is 5. The van der Waals surface area contributed by atoms with Crippen LogP contribution in [0, 0.1) is 20.8 Å². The Labute approximate surface area is 168 Å². The van der Waals surface area contributed by atoms with Crippen LogP contribution in [0.4, 0.5) is 5.69 Å². The summed E-state index contributed by atoms with van der Waals surface area (Å²) in [6.07, 6.45) is 0.746. The van der Waals surface area contributed by atoms with Crippen LogP contribution in [0.5, 0.6) is 0 Å². The largest absolute Gasteiger partial charge is 0.332 e. The number of carbonyl (C=O) groups is 2. The molecular formula is C21H24N4O2S. The number of nitrogens with one attached hydrogen (secondary N) is 1. The molecule has 0 aliphatic carbocycles. The van der Waals surface area contributed by atoms with Crippen molar-refractivity contribution in [2.75, 3.05) is 18.9 Å². The molecule has 3 aromatic rings. The number of carbonyl (C=O) groups excluding carboxylic acids is 2. The molecule has 0 unspecified atom stereocenters. The Bertz CT molecular complexity index is 1040. The van der Waals surface area contributed by atoms with E-state index in [4.69, 9.17) is 0 Å². The molecule has 0 aliphatic rings. The third kappa shape index (κ3) is 4.04. The maximum atomic E-state index is 12.9. The second-order valence-corrected chi connectivity index (χ2v) is 7.89. The van der Waals surface area contributed by atoms with Crippen molar-refractivity contribution in [1.29, 1.82) is 0 Å². The van der Waals surface area contributed by atoms with Gasteiger partial charge in [0.1, 0.15) is 10.7 Å². The molecule has 2 aromatic heterocycles. The fourth-order valence-electron chi connectivity index (χ4n) is 3.05. The Hall–Kier alpha value is -2.80. The summed E-state index contributed by atoms with van der Waals surface area (Å²) in [7, 11) is 1.64. The van der Waals surface area contributed by atoms with E-state index in [2.05, 4.69) is 15.3 Å². The Morgan fingerprint density at radius 2 is 1.79 bits per heavy atom. The van der Waals surface area contributed by atoms with Gasteiger partial charge in [0.2, 0.25) is 5.91 Å². The van der Waals surface area contributed by atoms with Gasteiger partial charge in [-0.25, -0.2) is 9.97 Å². The van der Waals surface area contributed by atoms with Crippen molar-refractivity contribution >= 4 is 39.1 Å². The average Bonchev–Trinajstić information content (AvgIpc) is 2.99. The summed E-state index contributed by atoms with van der Waals surface area (Å²) in [6.45, 7) is 7.82. The summed E-state index contributed by atoms with van der Waals surface area (Å²) in [4.78, 5) is 37.2. The van der Waals surface area contributed by atoms with Crippen molar-refractivity contribution < 1.29 is 9.59 Å². The Kier molecular flexibility index (Phi) is 5.74. The minimum absolute atomic E-state index is 0.0226. The first-order valence-corrected chi connectivity index (χ1v) is 10.0. The van der Waals surface area contributed by atoms with Gasteiger partial charge in [0.05, 0.1) is 11.4 Å². The van der Waals surface area contributed by atoms with E-state index in [1.54, 1.807) is 7.05 Å². The number of anilines is 1. The summed E-state index contributed by atoms with van der Waals surface area (Å²) >= 11 is 1.36. The quantitative estimate of drug-likeness (QED) is 0.710. The van der Waals surface area contributed by atoms with E-state index < -0.39 is 0 Å². The molecule has 7 heteroatoms. The number of amides is 2. The monoisotopic (exact) mass is 396 g/mol. The van der Waals surface area contributed by atoms with E-state index in [9.17, 15) is 9.59 Å². The van der Waals surface area contributed by atoms with E-state index in [-0.39, 0.29) is 18.4 Å². The van der Waals surface area contributed by atoms with Crippen LogP contribution in [0.15, 0.2) is 24.3 Å². The number of aromatic nitrogens is 2. The molecule has 1 aromatic carbocycles. The molecule has 0 bridgehead atoms. The van der Waals surface area contributed by atoms with Crippen LogP contribution in [0.2, 0.25) is 0 Å². The Morgan fingerprint density at radius 3 is 2.43 bits per heavy atom. The van der Waals surface area contributed by atoms with Gasteiger partial charge in [-0.1, -0.05) is 24.6 Å². The van der Waals surface area contributed by atoms with Crippen molar-refractivity contribution in [3.8, 4) is 0 Å². The molecule has 0 radical (unpaired) electrons. The number of thiophene rings is 1. The molecule has 0 saturated heterocycles. The standard InChI is InChI=1S/C21H24N4O2S/c1-6-16-22-14(4)18-13(3)19(28-20(18)24-16)21(27)25(5)11-17(26)23-15-9-7-12(2)8-10-15/h7-10H,6,11H2,1-5H3,(H,23,26). The van der Waals surface area contributed by atoms with Crippen LogP contribution in [-0.4, -0.2) is 40.3 Å². The molecule has 2 heterocycles. The normalized spacial score (nSPS) is 10.9. The first-order valence-electron chi connectivity index (χ1n) is 9.18.